The molecule has 0 bridgehead atoms. The Morgan fingerprint density at radius 3 is 1.46 bits per heavy atom. The fourth-order valence-electron chi connectivity index (χ4n) is 2.12. The van der Waals surface area contributed by atoms with Crippen LogP contribution in [0.15, 0.2) is 48.8 Å². The SMILES string of the molecule is [C-]#[N+]c1nc(C=Cc2ccccn2)c(C=Cc2ccccn2)nc1[N+]#[C-]. The van der Waals surface area contributed by atoms with Crippen molar-refractivity contribution in [3.8, 4) is 0 Å². The van der Waals surface area contributed by atoms with Gasteiger partial charge in [-0.2, -0.15) is 0 Å². The maximum absolute atomic E-state index is 7.20. The fourth-order valence-corrected chi connectivity index (χ4v) is 2.12. The zero-order valence-corrected chi connectivity index (χ0v) is 13.6. The van der Waals surface area contributed by atoms with Crippen molar-refractivity contribution in [2.75, 3.05) is 0 Å². The third-order valence-electron chi connectivity index (χ3n) is 3.33. The molecule has 0 aliphatic heterocycles. The topological polar surface area (TPSA) is 60.3 Å². The lowest BCUT2D eigenvalue weighted by atomic mass is 10.2. The van der Waals surface area contributed by atoms with Crippen LogP contribution in [0.4, 0.5) is 11.6 Å². The molecule has 122 valence electrons. The zero-order chi connectivity index (χ0) is 18.2. The molecule has 0 saturated heterocycles. The van der Waals surface area contributed by atoms with Crippen LogP contribution in [0.25, 0.3) is 34.0 Å². The van der Waals surface area contributed by atoms with Crippen molar-refractivity contribution in [1.82, 2.24) is 19.9 Å². The summed E-state index contributed by atoms with van der Waals surface area (Å²) in [5, 5.41) is 0. The maximum Gasteiger partial charge on any atom is 0.294 e. The number of rotatable bonds is 4. The first-order valence-electron chi connectivity index (χ1n) is 7.65. The molecule has 3 aromatic rings. The summed E-state index contributed by atoms with van der Waals surface area (Å²) in [6.07, 6.45) is 10.4. The molecule has 0 atom stereocenters. The summed E-state index contributed by atoms with van der Waals surface area (Å²) in [4.78, 5) is 23.6. The first kappa shape index (κ1) is 16.7. The maximum atomic E-state index is 7.20. The Bertz CT molecular complexity index is 955. The minimum Gasteiger partial charge on any atom is -0.370 e. The van der Waals surface area contributed by atoms with Gasteiger partial charge in [0.25, 0.3) is 11.6 Å². The van der Waals surface area contributed by atoms with E-state index in [1.807, 2.05) is 36.4 Å². The van der Waals surface area contributed by atoms with E-state index in [1.165, 1.54) is 0 Å². The van der Waals surface area contributed by atoms with Gasteiger partial charge < -0.3 is 9.69 Å². The Kier molecular flexibility index (Phi) is 5.19. The Morgan fingerprint density at radius 1 is 0.654 bits per heavy atom. The molecule has 6 heteroatoms. The number of aromatic nitrogens is 4. The molecule has 0 N–H and O–H groups in total. The van der Waals surface area contributed by atoms with Crippen LogP contribution in [0, 0.1) is 13.1 Å². The summed E-state index contributed by atoms with van der Waals surface area (Å²) in [6, 6.07) is 11.1. The molecule has 0 fully saturated rings. The van der Waals surface area contributed by atoms with Crippen LogP contribution in [0.5, 0.6) is 0 Å². The van der Waals surface area contributed by atoms with Gasteiger partial charge in [0.15, 0.2) is 0 Å². The van der Waals surface area contributed by atoms with Gasteiger partial charge in [-0.05, 0) is 48.6 Å². The number of nitrogens with zero attached hydrogens (tertiary/aromatic N) is 6. The molecule has 0 amide bonds. The molecule has 6 nitrogen and oxygen atoms in total. The van der Waals surface area contributed by atoms with Crippen molar-refractivity contribution in [2.24, 2.45) is 0 Å². The van der Waals surface area contributed by atoms with E-state index in [-0.39, 0.29) is 11.6 Å². The van der Waals surface area contributed by atoms with Crippen molar-refractivity contribution < 1.29 is 0 Å². The second-order valence-corrected chi connectivity index (χ2v) is 5.04. The van der Waals surface area contributed by atoms with Crippen molar-refractivity contribution in [3.63, 3.8) is 0 Å². The highest BCUT2D eigenvalue weighted by atomic mass is 15.0. The molecule has 0 aliphatic rings. The lowest BCUT2D eigenvalue weighted by molar-refractivity contribution is 1.19. The van der Waals surface area contributed by atoms with Gasteiger partial charge in [0, 0.05) is 12.4 Å². The van der Waals surface area contributed by atoms with Crippen molar-refractivity contribution in [2.45, 2.75) is 0 Å². The first-order valence-corrected chi connectivity index (χ1v) is 7.65. The fraction of sp³-hybridized carbons (Fsp3) is 0. The molecule has 0 saturated carbocycles. The summed E-state index contributed by atoms with van der Waals surface area (Å²) in [5.74, 6) is -0.0358. The van der Waals surface area contributed by atoms with Crippen LogP contribution < -0.4 is 0 Å². The third kappa shape index (κ3) is 4.02. The van der Waals surface area contributed by atoms with E-state index < -0.39 is 0 Å². The van der Waals surface area contributed by atoms with Gasteiger partial charge in [0.2, 0.25) is 11.4 Å². The first-order chi connectivity index (χ1) is 12.8. The number of hydrogen-bond donors (Lipinski definition) is 0. The quantitative estimate of drug-likeness (QED) is 0.647. The lowest BCUT2D eigenvalue weighted by Crippen LogP contribution is -1.92. The molecular formula is C20H12N6. The normalized spacial score (nSPS) is 10.7. The minimum atomic E-state index is -0.0179. The highest BCUT2D eigenvalue weighted by Crippen LogP contribution is 2.26. The van der Waals surface area contributed by atoms with Gasteiger partial charge in [-0.15, -0.1) is 9.97 Å². The van der Waals surface area contributed by atoms with E-state index in [1.54, 1.807) is 36.7 Å². The Labute approximate surface area is 150 Å². The van der Waals surface area contributed by atoms with Crippen LogP contribution in [-0.4, -0.2) is 19.9 Å². The predicted molar refractivity (Wildman–Crippen MR) is 101 cm³/mol. The van der Waals surface area contributed by atoms with E-state index in [9.17, 15) is 0 Å². The summed E-state index contributed by atoms with van der Waals surface area (Å²) < 4.78 is 0. The zero-order valence-electron chi connectivity index (χ0n) is 13.6. The van der Waals surface area contributed by atoms with Crippen molar-refractivity contribution in [3.05, 3.63) is 94.4 Å². The lowest BCUT2D eigenvalue weighted by Gasteiger charge is -1.98. The van der Waals surface area contributed by atoms with Crippen LogP contribution in [0.3, 0.4) is 0 Å². The summed E-state index contributed by atoms with van der Waals surface area (Å²) in [5.41, 5.74) is 2.49. The summed E-state index contributed by atoms with van der Waals surface area (Å²) >= 11 is 0. The highest BCUT2D eigenvalue weighted by molar-refractivity contribution is 5.78. The van der Waals surface area contributed by atoms with Gasteiger partial charge >= 0.3 is 0 Å². The monoisotopic (exact) mass is 336 g/mol. The predicted octanol–water partition coefficient (Wildman–Crippen LogP) is 4.71. The highest BCUT2D eigenvalue weighted by Gasteiger charge is 2.15. The van der Waals surface area contributed by atoms with Gasteiger partial charge in [0.05, 0.1) is 11.4 Å². The third-order valence-corrected chi connectivity index (χ3v) is 3.33. The van der Waals surface area contributed by atoms with Crippen LogP contribution in [0.2, 0.25) is 0 Å². The smallest absolute Gasteiger partial charge is 0.294 e. The summed E-state index contributed by atoms with van der Waals surface area (Å²) in [7, 11) is 0. The standard InChI is InChI=1S/C20H12N6/c1-21-19-20(22-2)26-18(12-10-16-8-4-6-14-24-16)17(25-19)11-9-15-7-3-5-13-23-15/h3-14H. The second kappa shape index (κ2) is 8.09. The largest absolute Gasteiger partial charge is 0.370 e. The Morgan fingerprint density at radius 2 is 1.12 bits per heavy atom. The molecule has 0 aromatic carbocycles. The molecule has 3 aromatic heterocycles. The van der Waals surface area contributed by atoms with E-state index in [2.05, 4.69) is 29.6 Å². The van der Waals surface area contributed by atoms with Crippen molar-refractivity contribution in [1.29, 1.82) is 0 Å². The van der Waals surface area contributed by atoms with Gasteiger partial charge in [-0.1, -0.05) is 25.3 Å². The Balaban J connectivity index is 2.03. The number of hydrogen-bond acceptors (Lipinski definition) is 4. The molecular weight excluding hydrogens is 324 g/mol. The molecule has 0 radical (unpaired) electrons. The molecule has 0 unspecified atom stereocenters. The van der Waals surface area contributed by atoms with Gasteiger partial charge in [-0.25, -0.2) is 0 Å². The van der Waals surface area contributed by atoms with Crippen LogP contribution in [-0.2, 0) is 0 Å². The van der Waals surface area contributed by atoms with E-state index >= 15 is 0 Å². The minimum absolute atomic E-state index is 0.0179. The van der Waals surface area contributed by atoms with Crippen molar-refractivity contribution >= 4 is 35.9 Å². The van der Waals surface area contributed by atoms with E-state index in [0.29, 0.717) is 11.4 Å². The van der Waals surface area contributed by atoms with E-state index in [0.717, 1.165) is 11.4 Å². The average Bonchev–Trinajstić information content (AvgIpc) is 2.72. The molecule has 0 spiro atoms. The molecule has 3 heterocycles. The van der Waals surface area contributed by atoms with E-state index in [4.69, 9.17) is 13.1 Å². The summed E-state index contributed by atoms with van der Waals surface area (Å²) in [6.45, 7) is 14.4. The van der Waals surface area contributed by atoms with Crippen LogP contribution in [0.1, 0.15) is 22.8 Å². The van der Waals surface area contributed by atoms with Gasteiger partial charge in [-0.3, -0.25) is 9.97 Å². The van der Waals surface area contributed by atoms with Gasteiger partial charge in [0.1, 0.15) is 0 Å². The molecule has 3 rings (SSSR count). The second-order valence-electron chi connectivity index (χ2n) is 5.04. The molecule has 26 heavy (non-hydrogen) atoms. The molecule has 0 aliphatic carbocycles. The van der Waals surface area contributed by atoms with Crippen LogP contribution >= 0.6 is 0 Å². The number of pyridine rings is 2. The average molecular weight is 336 g/mol. The Hall–Kier alpha value is -4.16.